The number of ether oxygens (including phenoxy) is 1. The highest BCUT2D eigenvalue weighted by atomic mass is 32.2. The molecule has 7 heteroatoms. The van der Waals surface area contributed by atoms with E-state index < -0.39 is 24.1 Å². The lowest BCUT2D eigenvalue weighted by Gasteiger charge is -2.43. The fourth-order valence-electron chi connectivity index (χ4n) is 1.94. The quantitative estimate of drug-likeness (QED) is 0.389. The third-order valence-corrected chi connectivity index (χ3v) is 3.56. The first-order chi connectivity index (χ1) is 8.17. The summed E-state index contributed by atoms with van der Waals surface area (Å²) in [5.74, 6) is 1.48. The molecule has 0 aromatic carbocycles. The molecule has 92 valence electrons. The molecule has 0 spiro atoms. The van der Waals surface area contributed by atoms with Crippen molar-refractivity contribution in [2.24, 2.45) is 5.92 Å². The molecule has 2 N–H and O–H groups in total. The molecule has 2 aliphatic rings. The van der Waals surface area contributed by atoms with Gasteiger partial charge in [-0.2, -0.15) is 0 Å². The van der Waals surface area contributed by atoms with Crippen LogP contribution in [0, 0.1) is 18.3 Å². The van der Waals surface area contributed by atoms with E-state index in [9.17, 15) is 9.59 Å². The average molecular weight is 255 g/mol. The summed E-state index contributed by atoms with van der Waals surface area (Å²) in [6.45, 7) is 0.595. The summed E-state index contributed by atoms with van der Waals surface area (Å²) in [5.41, 5.74) is -0.00442. The first-order valence-electron chi connectivity index (χ1n) is 5.15. The van der Waals surface area contributed by atoms with Gasteiger partial charge < -0.3 is 4.74 Å². The van der Waals surface area contributed by atoms with Gasteiger partial charge in [-0.25, -0.2) is 4.79 Å². The first-order valence-corrected chi connectivity index (χ1v) is 6.44. The number of thioether (sulfide) groups is 1. The molecule has 3 atom stereocenters. The zero-order chi connectivity index (χ0) is 12.4. The standard InChI is InChI=1S/C10H13N3O3S/c1-3-4-13-7-6(8(14)16-10(13)15)5-11-9(12-7)17-2/h1,6-7,9,11-12H,4-5H2,2H3. The number of fused-ring (bicyclic) bond motifs is 1. The second-order valence-corrected chi connectivity index (χ2v) is 4.70. The molecule has 0 aromatic heterocycles. The Morgan fingerprint density at radius 2 is 2.41 bits per heavy atom. The Hall–Kier alpha value is -1.23. The van der Waals surface area contributed by atoms with E-state index in [1.807, 2.05) is 6.26 Å². The number of terminal acetylenes is 1. The van der Waals surface area contributed by atoms with Gasteiger partial charge in [0.15, 0.2) is 0 Å². The van der Waals surface area contributed by atoms with Crippen LogP contribution < -0.4 is 10.6 Å². The summed E-state index contributed by atoms with van der Waals surface area (Å²) in [6, 6.07) is 0. The number of carbonyl (C=O) groups excluding carboxylic acids is 2. The summed E-state index contributed by atoms with van der Waals surface area (Å²) in [6.07, 6.45) is 6.07. The van der Waals surface area contributed by atoms with Crippen LogP contribution in [0.1, 0.15) is 0 Å². The minimum atomic E-state index is -0.677. The van der Waals surface area contributed by atoms with Gasteiger partial charge in [-0.1, -0.05) is 5.92 Å². The maximum absolute atomic E-state index is 11.6. The maximum atomic E-state index is 11.6. The molecular formula is C10H13N3O3S. The van der Waals surface area contributed by atoms with Crippen LogP contribution in [0.25, 0.3) is 0 Å². The molecule has 2 saturated heterocycles. The fourth-order valence-corrected chi connectivity index (χ4v) is 2.48. The summed E-state index contributed by atoms with van der Waals surface area (Å²) in [4.78, 5) is 24.5. The second kappa shape index (κ2) is 4.96. The smallest absolute Gasteiger partial charge is 0.376 e. The van der Waals surface area contributed by atoms with Gasteiger partial charge >= 0.3 is 12.1 Å². The average Bonchev–Trinajstić information content (AvgIpc) is 2.33. The SMILES string of the molecule is C#CCN1C(=O)OC(=O)C2CNC(SC)NC21. The highest BCUT2D eigenvalue weighted by molar-refractivity contribution is 7.99. The number of hydrogen-bond donors (Lipinski definition) is 2. The number of rotatable bonds is 2. The summed E-state index contributed by atoms with van der Waals surface area (Å²) in [5, 5.41) is 6.30. The van der Waals surface area contributed by atoms with E-state index in [1.165, 1.54) is 4.90 Å². The highest BCUT2D eigenvalue weighted by Crippen LogP contribution is 2.23. The molecule has 2 heterocycles. The van der Waals surface area contributed by atoms with Crippen LogP contribution in [0.2, 0.25) is 0 Å². The van der Waals surface area contributed by atoms with Crippen LogP contribution in [0.5, 0.6) is 0 Å². The molecular weight excluding hydrogens is 242 g/mol. The summed E-state index contributed by atoms with van der Waals surface area (Å²) < 4.78 is 4.66. The van der Waals surface area contributed by atoms with E-state index in [4.69, 9.17) is 6.42 Å². The van der Waals surface area contributed by atoms with Crippen molar-refractivity contribution in [1.82, 2.24) is 15.5 Å². The van der Waals surface area contributed by atoms with Gasteiger partial charge in [0.25, 0.3) is 0 Å². The number of cyclic esters (lactones) is 2. The van der Waals surface area contributed by atoms with Gasteiger partial charge in [-0.15, -0.1) is 18.2 Å². The summed E-state index contributed by atoms with van der Waals surface area (Å²) in [7, 11) is 0. The highest BCUT2D eigenvalue weighted by Gasteiger charge is 2.46. The first kappa shape index (κ1) is 12.2. The van der Waals surface area contributed by atoms with Gasteiger partial charge in [0, 0.05) is 6.54 Å². The molecule has 2 aliphatic heterocycles. The Labute approximate surface area is 103 Å². The van der Waals surface area contributed by atoms with Crippen LogP contribution in [-0.4, -0.2) is 48.0 Å². The van der Waals surface area contributed by atoms with Crippen LogP contribution >= 0.6 is 11.8 Å². The molecule has 0 radical (unpaired) electrons. The summed E-state index contributed by atoms with van der Waals surface area (Å²) >= 11 is 1.56. The largest absolute Gasteiger partial charge is 0.419 e. The maximum Gasteiger partial charge on any atom is 0.419 e. The van der Waals surface area contributed by atoms with Gasteiger partial charge in [-0.05, 0) is 6.26 Å². The van der Waals surface area contributed by atoms with Crippen molar-refractivity contribution in [2.45, 2.75) is 11.7 Å². The van der Waals surface area contributed by atoms with E-state index in [-0.39, 0.29) is 12.0 Å². The van der Waals surface area contributed by atoms with Gasteiger partial charge in [0.05, 0.1) is 6.54 Å². The van der Waals surface area contributed by atoms with Crippen LogP contribution in [0.3, 0.4) is 0 Å². The minimum absolute atomic E-state index is 0.00442. The van der Waals surface area contributed by atoms with Crippen molar-refractivity contribution in [2.75, 3.05) is 19.3 Å². The van der Waals surface area contributed by atoms with Crippen LogP contribution in [0.4, 0.5) is 4.79 Å². The zero-order valence-electron chi connectivity index (χ0n) is 9.30. The predicted molar refractivity (Wildman–Crippen MR) is 62.7 cm³/mol. The van der Waals surface area contributed by atoms with Gasteiger partial charge in [0.1, 0.15) is 17.6 Å². The molecule has 3 unspecified atom stereocenters. The number of nitrogens with zero attached hydrogens (tertiary/aromatic N) is 1. The molecule has 2 rings (SSSR count). The minimum Gasteiger partial charge on any atom is -0.376 e. The number of esters is 1. The van der Waals surface area contributed by atoms with Crippen molar-refractivity contribution in [3.05, 3.63) is 0 Å². The molecule has 6 nitrogen and oxygen atoms in total. The molecule has 2 fully saturated rings. The van der Waals surface area contributed by atoms with Crippen LogP contribution in [-0.2, 0) is 9.53 Å². The van der Waals surface area contributed by atoms with E-state index in [2.05, 4.69) is 21.3 Å². The molecule has 0 aromatic rings. The van der Waals surface area contributed by atoms with E-state index in [0.717, 1.165) is 0 Å². The number of amides is 1. The molecule has 17 heavy (non-hydrogen) atoms. The number of carbonyl (C=O) groups is 2. The molecule has 1 amide bonds. The van der Waals surface area contributed by atoms with Crippen molar-refractivity contribution in [1.29, 1.82) is 0 Å². The van der Waals surface area contributed by atoms with Crippen LogP contribution in [0.15, 0.2) is 0 Å². The van der Waals surface area contributed by atoms with Crippen molar-refractivity contribution >= 4 is 23.8 Å². The van der Waals surface area contributed by atoms with E-state index >= 15 is 0 Å². The van der Waals surface area contributed by atoms with E-state index in [1.54, 1.807) is 11.8 Å². The lowest BCUT2D eigenvalue weighted by molar-refractivity contribution is -0.152. The third kappa shape index (κ3) is 2.24. The van der Waals surface area contributed by atoms with Gasteiger partial charge in [0.2, 0.25) is 0 Å². The molecule has 0 bridgehead atoms. The number of hydrogen-bond acceptors (Lipinski definition) is 6. The molecule has 0 aliphatic carbocycles. The van der Waals surface area contributed by atoms with E-state index in [0.29, 0.717) is 6.54 Å². The Morgan fingerprint density at radius 3 is 3.06 bits per heavy atom. The second-order valence-electron chi connectivity index (χ2n) is 3.76. The Bertz CT molecular complexity index is 381. The van der Waals surface area contributed by atoms with Crippen molar-refractivity contribution < 1.29 is 14.3 Å². The predicted octanol–water partition coefficient (Wildman–Crippen LogP) is -0.620. The number of nitrogens with one attached hydrogen (secondary N) is 2. The Balaban J connectivity index is 2.19. The zero-order valence-corrected chi connectivity index (χ0v) is 10.1. The Kier molecular flexibility index (Phi) is 3.57. The fraction of sp³-hybridized carbons (Fsp3) is 0.600. The Morgan fingerprint density at radius 1 is 1.65 bits per heavy atom. The third-order valence-electron chi connectivity index (χ3n) is 2.78. The monoisotopic (exact) mass is 255 g/mol. The van der Waals surface area contributed by atoms with Gasteiger partial charge in [-0.3, -0.25) is 20.3 Å². The van der Waals surface area contributed by atoms with Crippen molar-refractivity contribution in [3.8, 4) is 12.3 Å². The van der Waals surface area contributed by atoms with Crippen molar-refractivity contribution in [3.63, 3.8) is 0 Å². The molecule has 0 saturated carbocycles. The normalized spacial score (nSPS) is 32.7. The lowest BCUT2D eigenvalue weighted by Crippen LogP contribution is -2.68. The topological polar surface area (TPSA) is 70.7 Å². The lowest BCUT2D eigenvalue weighted by atomic mass is 10.0.